The van der Waals surface area contributed by atoms with Gasteiger partial charge in [0.1, 0.15) is 18.2 Å². The van der Waals surface area contributed by atoms with Gasteiger partial charge in [-0.2, -0.15) is 0 Å². The van der Waals surface area contributed by atoms with Crippen LogP contribution in [0.5, 0.6) is 5.88 Å². The Kier molecular flexibility index (Phi) is 9.63. The number of nitrogens with one attached hydrogen (secondary N) is 1. The number of carbonyl (C=O) groups is 2. The standard InChI is InChI=1S/C27H37N5O4/c1-2-5-24-27(34)32-12-8-21(9-13-32)19-31(20-22-6-3-10-28-18-22)14-15-35-16-17-36-26-23(25(33)30-24)7-4-11-29-26/h3-4,6-7,10-11,18,21,24H,2,5,8-9,12-17,19-20H2,1H3,(H,30,33)/t24-/m1/s1. The number of amides is 2. The van der Waals surface area contributed by atoms with E-state index in [0.717, 1.165) is 38.9 Å². The second-order valence-electron chi connectivity index (χ2n) is 9.50. The van der Waals surface area contributed by atoms with Crippen LogP contribution in [0.4, 0.5) is 0 Å². The predicted molar refractivity (Wildman–Crippen MR) is 136 cm³/mol. The molecular weight excluding hydrogens is 458 g/mol. The zero-order chi connectivity index (χ0) is 25.2. The molecule has 194 valence electrons. The third kappa shape index (κ3) is 7.24. The smallest absolute Gasteiger partial charge is 0.257 e. The summed E-state index contributed by atoms with van der Waals surface area (Å²) in [5, 5.41) is 2.95. The van der Waals surface area contributed by atoms with Gasteiger partial charge in [0, 0.05) is 51.3 Å². The van der Waals surface area contributed by atoms with Crippen LogP contribution in [-0.2, 0) is 16.1 Å². The van der Waals surface area contributed by atoms with E-state index in [1.807, 2.05) is 24.1 Å². The fourth-order valence-corrected chi connectivity index (χ4v) is 4.86. The Bertz CT molecular complexity index is 981. The number of ether oxygens (including phenoxy) is 2. The van der Waals surface area contributed by atoms with Crippen LogP contribution in [0.1, 0.15) is 48.5 Å². The molecule has 2 aromatic rings. The quantitative estimate of drug-likeness (QED) is 0.651. The Morgan fingerprint density at radius 2 is 1.89 bits per heavy atom. The van der Waals surface area contributed by atoms with Crippen molar-refractivity contribution in [3.8, 4) is 5.88 Å². The monoisotopic (exact) mass is 495 g/mol. The van der Waals surface area contributed by atoms with Crippen molar-refractivity contribution >= 4 is 11.8 Å². The van der Waals surface area contributed by atoms with Gasteiger partial charge in [0.2, 0.25) is 11.8 Å². The highest BCUT2D eigenvalue weighted by Crippen LogP contribution is 2.21. The number of hydrogen-bond acceptors (Lipinski definition) is 7. The van der Waals surface area contributed by atoms with Crippen molar-refractivity contribution in [2.24, 2.45) is 5.92 Å². The van der Waals surface area contributed by atoms with E-state index in [-0.39, 0.29) is 24.3 Å². The SMILES string of the molecule is CCC[C@H]1NC(=O)c2cccnc2OCCOCCN(Cc2cccnc2)CC2CCN(CC2)C1=O. The Morgan fingerprint density at radius 3 is 2.67 bits per heavy atom. The molecule has 2 amide bonds. The van der Waals surface area contributed by atoms with E-state index in [0.29, 0.717) is 44.2 Å². The van der Waals surface area contributed by atoms with Crippen molar-refractivity contribution in [3.63, 3.8) is 0 Å². The van der Waals surface area contributed by atoms with Crippen LogP contribution in [-0.4, -0.2) is 83.6 Å². The molecule has 1 N–H and O–H groups in total. The first-order valence-electron chi connectivity index (χ1n) is 13.0. The molecule has 0 aromatic carbocycles. The van der Waals surface area contributed by atoms with E-state index in [2.05, 4.69) is 26.3 Å². The molecule has 3 aliphatic rings. The Labute approximate surface area is 213 Å². The number of hydrogen-bond donors (Lipinski definition) is 1. The Balaban J connectivity index is 1.50. The van der Waals surface area contributed by atoms with Crippen LogP contribution in [0.2, 0.25) is 0 Å². The molecule has 2 bridgehead atoms. The second kappa shape index (κ2) is 13.3. The first kappa shape index (κ1) is 26.0. The normalized spacial score (nSPS) is 22.8. The van der Waals surface area contributed by atoms with Gasteiger partial charge in [-0.25, -0.2) is 4.98 Å². The maximum absolute atomic E-state index is 13.4. The largest absolute Gasteiger partial charge is 0.475 e. The maximum atomic E-state index is 13.4. The van der Waals surface area contributed by atoms with Crippen LogP contribution in [0, 0.1) is 5.92 Å². The first-order valence-corrected chi connectivity index (χ1v) is 13.0. The summed E-state index contributed by atoms with van der Waals surface area (Å²) in [6.07, 6.45) is 8.58. The summed E-state index contributed by atoms with van der Waals surface area (Å²) < 4.78 is 11.7. The summed E-state index contributed by atoms with van der Waals surface area (Å²) in [6.45, 7) is 7.25. The highest BCUT2D eigenvalue weighted by atomic mass is 16.5. The van der Waals surface area contributed by atoms with Gasteiger partial charge >= 0.3 is 0 Å². The molecule has 1 saturated heterocycles. The summed E-state index contributed by atoms with van der Waals surface area (Å²) in [7, 11) is 0. The molecule has 1 atom stereocenters. The van der Waals surface area contributed by atoms with E-state index >= 15 is 0 Å². The third-order valence-corrected chi connectivity index (χ3v) is 6.79. The average molecular weight is 496 g/mol. The Morgan fingerprint density at radius 1 is 1.06 bits per heavy atom. The van der Waals surface area contributed by atoms with Gasteiger partial charge in [0.05, 0.1) is 13.2 Å². The molecule has 0 saturated carbocycles. The first-order chi connectivity index (χ1) is 17.6. The van der Waals surface area contributed by atoms with E-state index in [1.54, 1.807) is 24.5 Å². The minimum absolute atomic E-state index is 0.00302. The van der Waals surface area contributed by atoms with Crippen LogP contribution >= 0.6 is 0 Å². The number of pyridine rings is 2. The number of aromatic nitrogens is 2. The van der Waals surface area contributed by atoms with Crippen LogP contribution in [0.25, 0.3) is 0 Å². The molecule has 9 heteroatoms. The van der Waals surface area contributed by atoms with Gasteiger partial charge in [0.25, 0.3) is 5.91 Å². The van der Waals surface area contributed by atoms with Gasteiger partial charge in [-0.1, -0.05) is 19.4 Å². The fraction of sp³-hybridized carbons (Fsp3) is 0.556. The summed E-state index contributed by atoms with van der Waals surface area (Å²) >= 11 is 0. The summed E-state index contributed by atoms with van der Waals surface area (Å²) in [5.74, 6) is 0.413. The molecule has 5 rings (SSSR count). The topological polar surface area (TPSA) is 96.9 Å². The number of carbonyl (C=O) groups excluding carboxylic acids is 2. The van der Waals surface area contributed by atoms with Crippen LogP contribution in [0.15, 0.2) is 42.9 Å². The summed E-state index contributed by atoms with van der Waals surface area (Å²) in [5.41, 5.74) is 1.50. The number of rotatable bonds is 4. The van der Waals surface area contributed by atoms with E-state index < -0.39 is 6.04 Å². The van der Waals surface area contributed by atoms with Crippen LogP contribution < -0.4 is 10.1 Å². The fourth-order valence-electron chi connectivity index (χ4n) is 4.86. The lowest BCUT2D eigenvalue weighted by Crippen LogP contribution is -2.51. The molecule has 0 aliphatic carbocycles. The van der Waals surface area contributed by atoms with Gasteiger partial charge in [-0.15, -0.1) is 0 Å². The minimum Gasteiger partial charge on any atom is -0.475 e. The van der Waals surface area contributed by atoms with Gasteiger partial charge in [-0.05, 0) is 48.9 Å². The molecule has 5 heterocycles. The maximum Gasteiger partial charge on any atom is 0.257 e. The molecule has 0 spiro atoms. The highest BCUT2D eigenvalue weighted by Gasteiger charge is 2.30. The minimum atomic E-state index is -0.559. The molecule has 0 radical (unpaired) electrons. The van der Waals surface area contributed by atoms with Crippen molar-refractivity contribution < 1.29 is 19.1 Å². The van der Waals surface area contributed by atoms with Gasteiger partial charge in [0.15, 0.2) is 0 Å². The number of nitrogens with zero attached hydrogens (tertiary/aromatic N) is 4. The molecule has 2 aromatic heterocycles. The molecule has 9 nitrogen and oxygen atoms in total. The molecule has 36 heavy (non-hydrogen) atoms. The van der Waals surface area contributed by atoms with Gasteiger partial charge < -0.3 is 19.7 Å². The molecule has 3 aliphatic heterocycles. The Hall–Kier alpha value is -3.04. The summed E-state index contributed by atoms with van der Waals surface area (Å²) in [6, 6.07) is 6.87. The highest BCUT2D eigenvalue weighted by molar-refractivity contribution is 5.99. The van der Waals surface area contributed by atoms with Crippen molar-refractivity contribution in [1.82, 2.24) is 25.1 Å². The number of fused-ring (bicyclic) bond motifs is 12. The lowest BCUT2D eigenvalue weighted by Gasteiger charge is -2.36. The average Bonchev–Trinajstić information content (AvgIpc) is 2.90. The van der Waals surface area contributed by atoms with Crippen molar-refractivity contribution in [1.29, 1.82) is 0 Å². The lowest BCUT2D eigenvalue weighted by molar-refractivity contribution is -0.135. The van der Waals surface area contributed by atoms with Crippen LogP contribution in [0.3, 0.4) is 0 Å². The van der Waals surface area contributed by atoms with Gasteiger partial charge in [-0.3, -0.25) is 19.5 Å². The second-order valence-corrected chi connectivity index (χ2v) is 9.50. The number of piperidine rings is 1. The summed E-state index contributed by atoms with van der Waals surface area (Å²) in [4.78, 5) is 39.3. The third-order valence-electron chi connectivity index (χ3n) is 6.79. The molecule has 1 fully saturated rings. The van der Waals surface area contributed by atoms with E-state index in [4.69, 9.17) is 9.47 Å². The van der Waals surface area contributed by atoms with E-state index in [1.165, 1.54) is 5.56 Å². The van der Waals surface area contributed by atoms with E-state index in [9.17, 15) is 9.59 Å². The predicted octanol–water partition coefficient (Wildman–Crippen LogP) is 2.52. The zero-order valence-electron chi connectivity index (χ0n) is 21.1. The van der Waals surface area contributed by atoms with Crippen molar-refractivity contribution in [2.75, 3.05) is 46.0 Å². The molecule has 0 unspecified atom stereocenters. The molecular formula is C27H37N5O4. The van der Waals surface area contributed by atoms with Crippen molar-refractivity contribution in [3.05, 3.63) is 54.0 Å². The zero-order valence-corrected chi connectivity index (χ0v) is 21.1. The lowest BCUT2D eigenvalue weighted by atomic mass is 9.95. The van der Waals surface area contributed by atoms with Crippen molar-refractivity contribution in [2.45, 2.75) is 45.2 Å².